The van der Waals surface area contributed by atoms with Crippen molar-refractivity contribution >= 4 is 45.6 Å². The average molecular weight is 480 g/mol. The molecule has 2 aromatic rings. The third-order valence-corrected chi connectivity index (χ3v) is 7.92. The second kappa shape index (κ2) is 9.32. The molecule has 4 heterocycles. The van der Waals surface area contributed by atoms with Gasteiger partial charge in [-0.25, -0.2) is 9.78 Å². The van der Waals surface area contributed by atoms with Crippen molar-refractivity contribution in [2.75, 3.05) is 43.1 Å². The van der Waals surface area contributed by atoms with Crippen LogP contribution >= 0.6 is 22.9 Å². The molecule has 0 saturated carbocycles. The molecule has 11 heteroatoms. The lowest BCUT2D eigenvalue weighted by molar-refractivity contribution is 0.0525. The molecule has 174 valence electrons. The van der Waals surface area contributed by atoms with Gasteiger partial charge in [0.1, 0.15) is 10.7 Å². The summed E-state index contributed by atoms with van der Waals surface area (Å²) in [6.45, 7) is 9.55. The predicted molar refractivity (Wildman–Crippen MR) is 125 cm³/mol. The van der Waals surface area contributed by atoms with Crippen LogP contribution in [0.2, 0.25) is 0 Å². The molecule has 0 spiro atoms. The molecule has 2 aromatic heterocycles. The summed E-state index contributed by atoms with van der Waals surface area (Å²) >= 11 is 2.84. The zero-order chi connectivity index (χ0) is 22.9. The number of nitrogens with one attached hydrogen (secondary N) is 1. The molecule has 32 heavy (non-hydrogen) atoms. The number of amides is 2. The van der Waals surface area contributed by atoms with E-state index in [1.54, 1.807) is 16.5 Å². The van der Waals surface area contributed by atoms with Crippen LogP contribution in [-0.2, 0) is 4.74 Å². The van der Waals surface area contributed by atoms with Gasteiger partial charge in [-0.3, -0.25) is 4.79 Å². The van der Waals surface area contributed by atoms with Crippen molar-refractivity contribution in [2.24, 2.45) is 5.41 Å². The Labute approximate surface area is 195 Å². The standard InChI is InChI=1S/C21H29N5O4S2/c1-21(2,3)16-10-13(4-5-26(16)20(28)29)18-24-15(12-31-18)17(27)23-14-11-22-32-19(14)25-6-8-30-9-7-25/h11-13,16H,4-10H2,1-3H3,(H,23,27)(H,28,29). The van der Waals surface area contributed by atoms with E-state index in [-0.39, 0.29) is 23.3 Å². The number of carboxylic acid groups (broad SMARTS) is 1. The molecule has 2 fully saturated rings. The highest BCUT2D eigenvalue weighted by atomic mass is 32.1. The van der Waals surface area contributed by atoms with Crippen molar-refractivity contribution < 1.29 is 19.4 Å². The van der Waals surface area contributed by atoms with Crippen LogP contribution in [0.3, 0.4) is 0 Å². The number of hydrogen-bond acceptors (Lipinski definition) is 8. The highest BCUT2D eigenvalue weighted by molar-refractivity contribution is 7.11. The molecule has 2 N–H and O–H groups in total. The van der Waals surface area contributed by atoms with E-state index in [9.17, 15) is 14.7 Å². The fourth-order valence-corrected chi connectivity index (χ4v) is 6.03. The van der Waals surface area contributed by atoms with E-state index in [0.717, 1.165) is 23.1 Å². The fourth-order valence-electron chi connectivity index (χ4n) is 4.32. The van der Waals surface area contributed by atoms with Gasteiger partial charge in [-0.15, -0.1) is 11.3 Å². The maximum Gasteiger partial charge on any atom is 0.407 e. The number of ether oxygens (including phenoxy) is 1. The van der Waals surface area contributed by atoms with Crippen LogP contribution in [0.5, 0.6) is 0 Å². The first kappa shape index (κ1) is 22.9. The minimum absolute atomic E-state index is 0.0899. The average Bonchev–Trinajstić information content (AvgIpc) is 3.43. The summed E-state index contributed by atoms with van der Waals surface area (Å²) in [4.78, 5) is 32.9. The molecule has 2 unspecified atom stereocenters. The highest BCUT2D eigenvalue weighted by Crippen LogP contribution is 2.40. The quantitative estimate of drug-likeness (QED) is 0.683. The third-order valence-electron chi connectivity index (χ3n) is 6.05. The minimum atomic E-state index is -0.872. The predicted octanol–water partition coefficient (Wildman–Crippen LogP) is 3.96. The Hall–Kier alpha value is -2.24. The lowest BCUT2D eigenvalue weighted by Crippen LogP contribution is -2.51. The van der Waals surface area contributed by atoms with Gasteiger partial charge in [0.05, 0.1) is 30.1 Å². The van der Waals surface area contributed by atoms with Gasteiger partial charge in [0.2, 0.25) is 0 Å². The number of thiazole rings is 1. The van der Waals surface area contributed by atoms with Gasteiger partial charge in [-0.2, -0.15) is 4.37 Å². The Kier molecular flexibility index (Phi) is 6.68. The highest BCUT2D eigenvalue weighted by Gasteiger charge is 2.40. The Morgan fingerprint density at radius 1 is 1.25 bits per heavy atom. The lowest BCUT2D eigenvalue weighted by Gasteiger charge is -2.44. The van der Waals surface area contributed by atoms with Crippen LogP contribution in [0.25, 0.3) is 0 Å². The van der Waals surface area contributed by atoms with Gasteiger partial charge in [0.25, 0.3) is 5.91 Å². The van der Waals surface area contributed by atoms with Crippen molar-refractivity contribution in [1.82, 2.24) is 14.3 Å². The van der Waals surface area contributed by atoms with E-state index in [2.05, 4.69) is 40.3 Å². The summed E-state index contributed by atoms with van der Waals surface area (Å²) in [5, 5.41) is 16.2. The van der Waals surface area contributed by atoms with E-state index >= 15 is 0 Å². The number of likely N-dealkylation sites (tertiary alicyclic amines) is 1. The third kappa shape index (κ3) is 4.89. The Morgan fingerprint density at radius 3 is 2.69 bits per heavy atom. The fraction of sp³-hybridized carbons (Fsp3) is 0.619. The molecule has 0 aliphatic carbocycles. The van der Waals surface area contributed by atoms with Crippen molar-refractivity contribution in [3.63, 3.8) is 0 Å². The van der Waals surface area contributed by atoms with Gasteiger partial charge in [-0.05, 0) is 29.8 Å². The van der Waals surface area contributed by atoms with Crippen molar-refractivity contribution in [3.8, 4) is 0 Å². The Bertz CT molecular complexity index is 964. The van der Waals surface area contributed by atoms with Crippen LogP contribution in [0, 0.1) is 5.41 Å². The van der Waals surface area contributed by atoms with Crippen molar-refractivity contribution in [1.29, 1.82) is 0 Å². The van der Waals surface area contributed by atoms with Gasteiger partial charge >= 0.3 is 6.09 Å². The van der Waals surface area contributed by atoms with Crippen LogP contribution in [0.4, 0.5) is 15.5 Å². The van der Waals surface area contributed by atoms with Crippen molar-refractivity contribution in [3.05, 3.63) is 22.3 Å². The molecule has 2 amide bonds. The van der Waals surface area contributed by atoms with E-state index < -0.39 is 6.09 Å². The summed E-state index contributed by atoms with van der Waals surface area (Å²) in [6.07, 6.45) is 2.22. The Balaban J connectivity index is 1.44. The number of anilines is 2. The first-order valence-electron chi connectivity index (χ1n) is 10.8. The molecular formula is C21H29N5O4S2. The minimum Gasteiger partial charge on any atom is -0.465 e. The molecule has 0 radical (unpaired) electrons. The topological polar surface area (TPSA) is 108 Å². The van der Waals surface area contributed by atoms with Crippen LogP contribution in [0.1, 0.15) is 55.0 Å². The van der Waals surface area contributed by atoms with Crippen LogP contribution < -0.4 is 10.2 Å². The first-order chi connectivity index (χ1) is 15.2. The lowest BCUT2D eigenvalue weighted by atomic mass is 9.77. The van der Waals surface area contributed by atoms with Crippen LogP contribution in [-0.4, -0.2) is 70.3 Å². The number of carbonyl (C=O) groups excluding carboxylic acids is 1. The summed E-state index contributed by atoms with van der Waals surface area (Å²) in [7, 11) is 0. The zero-order valence-electron chi connectivity index (χ0n) is 18.5. The normalized spacial score (nSPS) is 22.1. The molecule has 0 aromatic carbocycles. The number of carbonyl (C=O) groups is 2. The number of hydrogen-bond donors (Lipinski definition) is 2. The molecule has 9 nitrogen and oxygen atoms in total. The Morgan fingerprint density at radius 2 is 2.00 bits per heavy atom. The van der Waals surface area contributed by atoms with E-state index in [1.807, 2.05) is 0 Å². The van der Waals surface area contributed by atoms with Gasteiger partial charge in [0, 0.05) is 37.0 Å². The molecular weight excluding hydrogens is 450 g/mol. The van der Waals surface area contributed by atoms with Gasteiger partial charge < -0.3 is 25.0 Å². The van der Waals surface area contributed by atoms with Crippen molar-refractivity contribution in [2.45, 2.75) is 45.6 Å². The number of rotatable bonds is 4. The van der Waals surface area contributed by atoms with Crippen LogP contribution in [0.15, 0.2) is 11.6 Å². The molecule has 2 atom stereocenters. The largest absolute Gasteiger partial charge is 0.465 e. The SMILES string of the molecule is CC(C)(C)C1CC(c2nc(C(=O)Nc3cnsc3N3CCOCC3)cs2)CCN1C(=O)O. The van der Waals surface area contributed by atoms with E-state index in [4.69, 9.17) is 4.74 Å². The number of nitrogens with zero attached hydrogens (tertiary/aromatic N) is 4. The summed E-state index contributed by atoms with van der Waals surface area (Å²) < 4.78 is 9.66. The maximum atomic E-state index is 12.9. The maximum absolute atomic E-state index is 12.9. The van der Waals surface area contributed by atoms with E-state index in [1.165, 1.54) is 22.9 Å². The van der Waals surface area contributed by atoms with Gasteiger partial charge in [-0.1, -0.05) is 20.8 Å². The first-order valence-corrected chi connectivity index (χ1v) is 12.4. The molecule has 2 aliphatic heterocycles. The summed E-state index contributed by atoms with van der Waals surface area (Å²) in [5.41, 5.74) is 0.909. The van der Waals surface area contributed by atoms with E-state index in [0.29, 0.717) is 44.0 Å². The molecule has 2 saturated heterocycles. The smallest absolute Gasteiger partial charge is 0.407 e. The summed E-state index contributed by atoms with van der Waals surface area (Å²) in [6, 6.07) is -0.0899. The number of morpholine rings is 1. The molecule has 2 aliphatic rings. The monoisotopic (exact) mass is 479 g/mol. The second-order valence-corrected chi connectivity index (χ2v) is 10.9. The number of piperidine rings is 1. The second-order valence-electron chi connectivity index (χ2n) is 9.25. The summed E-state index contributed by atoms with van der Waals surface area (Å²) in [5.74, 6) is -0.106. The zero-order valence-corrected chi connectivity index (χ0v) is 20.2. The van der Waals surface area contributed by atoms with Gasteiger partial charge in [0.15, 0.2) is 0 Å². The molecule has 0 bridgehead atoms. The molecule has 4 rings (SSSR count). The number of aromatic nitrogens is 2.